The Bertz CT molecular complexity index is 467. The van der Waals surface area contributed by atoms with Gasteiger partial charge in [0.25, 0.3) is 0 Å². The number of hydrogen-bond donors (Lipinski definition) is 0. The summed E-state index contributed by atoms with van der Waals surface area (Å²) in [6.45, 7) is 0. The first-order valence-electron chi connectivity index (χ1n) is 4.20. The molecule has 0 aromatic heterocycles. The van der Waals surface area contributed by atoms with E-state index in [0.717, 1.165) is 0 Å². The van der Waals surface area contributed by atoms with E-state index in [1.807, 2.05) is 12.1 Å². The van der Waals surface area contributed by atoms with Gasteiger partial charge in [-0.1, -0.05) is 0 Å². The number of nitrogens with zero attached hydrogens (tertiary/aromatic N) is 2. The predicted octanol–water partition coefficient (Wildman–Crippen LogP) is 1.45. The second-order valence-corrected chi connectivity index (χ2v) is 2.82. The normalized spacial score (nSPS) is 8.73. The lowest BCUT2D eigenvalue weighted by atomic mass is 10.0. The molecule has 0 aliphatic rings. The van der Waals surface area contributed by atoms with Gasteiger partial charge in [0.05, 0.1) is 25.2 Å². The number of hydrogen-bond acceptors (Lipinski definition) is 4. The van der Waals surface area contributed by atoms with Gasteiger partial charge < -0.3 is 4.74 Å². The number of rotatable bonds is 3. The minimum Gasteiger partial charge on any atom is -0.495 e. The largest absolute Gasteiger partial charge is 0.495 e. The summed E-state index contributed by atoms with van der Waals surface area (Å²) in [5.74, 6) is 0.326. The van der Waals surface area contributed by atoms with Crippen LogP contribution in [-0.2, 0) is 6.42 Å². The van der Waals surface area contributed by atoms with Gasteiger partial charge >= 0.3 is 0 Å². The maximum absolute atomic E-state index is 10.6. The van der Waals surface area contributed by atoms with Crippen LogP contribution in [0.15, 0.2) is 12.1 Å². The summed E-state index contributed by atoms with van der Waals surface area (Å²) in [6.07, 6.45) is 0.742. The number of methoxy groups -OCH3 is 1. The Morgan fingerprint density at radius 3 is 2.67 bits per heavy atom. The Labute approximate surface area is 87.3 Å². The summed E-state index contributed by atoms with van der Waals surface area (Å²) < 4.78 is 4.97. The van der Waals surface area contributed by atoms with Gasteiger partial charge in [-0.3, -0.25) is 4.79 Å². The molecule has 0 N–H and O–H groups in total. The lowest BCUT2D eigenvalue weighted by molar-refractivity contribution is 0.112. The van der Waals surface area contributed by atoms with Crippen molar-refractivity contribution in [2.24, 2.45) is 0 Å². The van der Waals surface area contributed by atoms with Crippen LogP contribution < -0.4 is 4.74 Å². The molecule has 0 saturated heterocycles. The molecule has 0 aliphatic carbocycles. The van der Waals surface area contributed by atoms with Crippen molar-refractivity contribution in [3.05, 3.63) is 28.8 Å². The van der Waals surface area contributed by atoms with Crippen molar-refractivity contribution in [1.29, 1.82) is 10.5 Å². The van der Waals surface area contributed by atoms with Gasteiger partial charge in [0.1, 0.15) is 18.1 Å². The molecular formula is C11H8N2O2. The molecule has 0 atom stereocenters. The second-order valence-electron chi connectivity index (χ2n) is 2.82. The predicted molar refractivity (Wildman–Crippen MR) is 52.4 cm³/mol. The van der Waals surface area contributed by atoms with Crippen molar-refractivity contribution in [2.75, 3.05) is 7.11 Å². The standard InChI is InChI=1S/C11H8N2O2/c1-15-11-5-8(7-14)4-9(2-3-12)10(11)6-13/h4-5,7H,2H2,1H3. The highest BCUT2D eigenvalue weighted by molar-refractivity contribution is 5.77. The molecule has 0 bridgehead atoms. The molecule has 15 heavy (non-hydrogen) atoms. The van der Waals surface area contributed by atoms with Gasteiger partial charge in [0, 0.05) is 5.56 Å². The summed E-state index contributed by atoms with van der Waals surface area (Å²) in [5.41, 5.74) is 1.22. The Balaban J connectivity index is 3.41. The highest BCUT2D eigenvalue weighted by atomic mass is 16.5. The Kier molecular flexibility index (Phi) is 3.43. The van der Waals surface area contributed by atoms with Crippen LogP contribution in [0.25, 0.3) is 0 Å². The zero-order valence-corrected chi connectivity index (χ0v) is 8.15. The van der Waals surface area contributed by atoms with Crippen LogP contribution in [0.4, 0.5) is 0 Å². The molecule has 0 heterocycles. The minimum atomic E-state index is 0.0843. The van der Waals surface area contributed by atoms with Crippen molar-refractivity contribution in [3.63, 3.8) is 0 Å². The van der Waals surface area contributed by atoms with Crippen molar-refractivity contribution >= 4 is 6.29 Å². The van der Waals surface area contributed by atoms with E-state index in [-0.39, 0.29) is 6.42 Å². The lowest BCUT2D eigenvalue weighted by Crippen LogP contribution is -1.97. The molecule has 0 spiro atoms. The average molecular weight is 200 g/mol. The van der Waals surface area contributed by atoms with E-state index in [0.29, 0.717) is 28.7 Å². The van der Waals surface area contributed by atoms with E-state index in [4.69, 9.17) is 15.3 Å². The van der Waals surface area contributed by atoms with Crippen LogP contribution in [-0.4, -0.2) is 13.4 Å². The van der Waals surface area contributed by atoms with E-state index >= 15 is 0 Å². The number of aldehydes is 1. The first-order chi connectivity index (χ1) is 7.26. The third-order valence-corrected chi connectivity index (χ3v) is 1.94. The van der Waals surface area contributed by atoms with E-state index < -0.39 is 0 Å². The minimum absolute atomic E-state index is 0.0843. The van der Waals surface area contributed by atoms with Gasteiger partial charge in [-0.05, 0) is 17.7 Å². The quantitative estimate of drug-likeness (QED) is 0.692. The highest BCUT2D eigenvalue weighted by Crippen LogP contribution is 2.23. The molecule has 0 aliphatic heterocycles. The van der Waals surface area contributed by atoms with Crippen molar-refractivity contribution in [2.45, 2.75) is 6.42 Å². The van der Waals surface area contributed by atoms with Gasteiger partial charge in [-0.15, -0.1) is 0 Å². The highest BCUT2D eigenvalue weighted by Gasteiger charge is 2.10. The van der Waals surface area contributed by atoms with Crippen molar-refractivity contribution < 1.29 is 9.53 Å². The topological polar surface area (TPSA) is 73.9 Å². The van der Waals surface area contributed by atoms with E-state index in [2.05, 4.69) is 0 Å². The monoisotopic (exact) mass is 200 g/mol. The van der Waals surface area contributed by atoms with Gasteiger partial charge in [-0.25, -0.2) is 0 Å². The van der Waals surface area contributed by atoms with E-state index in [1.165, 1.54) is 19.2 Å². The van der Waals surface area contributed by atoms with Crippen molar-refractivity contribution in [3.8, 4) is 17.9 Å². The Morgan fingerprint density at radius 2 is 2.20 bits per heavy atom. The van der Waals surface area contributed by atoms with Crippen LogP contribution >= 0.6 is 0 Å². The zero-order chi connectivity index (χ0) is 11.3. The number of carbonyl (C=O) groups excluding carboxylic acids is 1. The molecular weight excluding hydrogens is 192 g/mol. The molecule has 0 fully saturated rings. The summed E-state index contributed by atoms with van der Waals surface area (Å²) in [5, 5.41) is 17.5. The average Bonchev–Trinajstić information content (AvgIpc) is 2.28. The molecule has 74 valence electrons. The SMILES string of the molecule is COc1cc(C=O)cc(CC#N)c1C#N. The number of carbonyl (C=O) groups is 1. The fourth-order valence-electron chi connectivity index (χ4n) is 1.28. The summed E-state index contributed by atoms with van der Waals surface area (Å²) in [4.78, 5) is 10.6. The summed E-state index contributed by atoms with van der Waals surface area (Å²) >= 11 is 0. The fourth-order valence-corrected chi connectivity index (χ4v) is 1.28. The summed E-state index contributed by atoms with van der Waals surface area (Å²) in [6, 6.07) is 6.90. The first-order valence-corrected chi connectivity index (χ1v) is 4.20. The molecule has 0 unspecified atom stereocenters. The molecule has 1 aromatic rings. The van der Waals surface area contributed by atoms with E-state index in [1.54, 1.807) is 0 Å². The van der Waals surface area contributed by atoms with Crippen LogP contribution in [0.5, 0.6) is 5.75 Å². The zero-order valence-electron chi connectivity index (χ0n) is 8.15. The Hall–Kier alpha value is -2.33. The molecule has 0 saturated carbocycles. The van der Waals surface area contributed by atoms with E-state index in [9.17, 15) is 4.79 Å². The van der Waals surface area contributed by atoms with Crippen LogP contribution in [0.2, 0.25) is 0 Å². The van der Waals surface area contributed by atoms with Crippen molar-refractivity contribution in [1.82, 2.24) is 0 Å². The molecule has 4 heteroatoms. The molecule has 0 amide bonds. The van der Waals surface area contributed by atoms with Gasteiger partial charge in [0.2, 0.25) is 0 Å². The maximum Gasteiger partial charge on any atom is 0.150 e. The second kappa shape index (κ2) is 4.78. The van der Waals surface area contributed by atoms with Crippen LogP contribution in [0.3, 0.4) is 0 Å². The van der Waals surface area contributed by atoms with Crippen LogP contribution in [0.1, 0.15) is 21.5 Å². The third-order valence-electron chi connectivity index (χ3n) is 1.94. The molecule has 1 aromatic carbocycles. The van der Waals surface area contributed by atoms with Gasteiger partial charge in [-0.2, -0.15) is 10.5 Å². The molecule has 0 radical (unpaired) electrons. The first kappa shape index (κ1) is 10.7. The number of nitriles is 2. The number of benzene rings is 1. The number of ether oxygens (including phenoxy) is 1. The molecule has 4 nitrogen and oxygen atoms in total. The van der Waals surface area contributed by atoms with Crippen LogP contribution in [0, 0.1) is 22.7 Å². The smallest absolute Gasteiger partial charge is 0.150 e. The Morgan fingerprint density at radius 1 is 1.47 bits per heavy atom. The summed E-state index contributed by atoms with van der Waals surface area (Å²) in [7, 11) is 1.42. The van der Waals surface area contributed by atoms with Gasteiger partial charge in [0.15, 0.2) is 0 Å². The lowest BCUT2D eigenvalue weighted by Gasteiger charge is -2.06. The third kappa shape index (κ3) is 2.12. The molecule has 1 rings (SSSR count). The maximum atomic E-state index is 10.6. The fraction of sp³-hybridized carbons (Fsp3) is 0.182.